The van der Waals surface area contributed by atoms with E-state index in [1.807, 2.05) is 31.2 Å². The second-order valence-electron chi connectivity index (χ2n) is 9.18. The van der Waals surface area contributed by atoms with Gasteiger partial charge in [-0.3, -0.25) is 19.1 Å². The molecule has 1 N–H and O–H groups in total. The first-order valence-corrected chi connectivity index (χ1v) is 14.1. The largest absolute Gasteiger partial charge is 0.493 e. The fraction of sp³-hybridized carbons (Fsp3) is 0.267. The molecule has 4 rings (SSSR count). The molecule has 8 nitrogen and oxygen atoms in total. The monoisotopic (exact) mass is 592 g/mol. The van der Waals surface area contributed by atoms with E-state index in [0.717, 1.165) is 22.9 Å². The van der Waals surface area contributed by atoms with Crippen LogP contribution in [0, 0.1) is 24.1 Å². The van der Waals surface area contributed by atoms with E-state index in [-0.39, 0.29) is 23.8 Å². The van der Waals surface area contributed by atoms with E-state index in [1.165, 1.54) is 21.6 Å². The number of ether oxygens (including phenoxy) is 2. The van der Waals surface area contributed by atoms with Gasteiger partial charge in [-0.25, -0.2) is 4.39 Å². The molecular weight excluding hydrogens is 563 g/mol. The van der Waals surface area contributed by atoms with Crippen LogP contribution in [-0.4, -0.2) is 40.5 Å². The summed E-state index contributed by atoms with van der Waals surface area (Å²) in [5.41, 5.74) is 2.39. The molecule has 1 fully saturated rings. The molecule has 41 heavy (non-hydrogen) atoms. The van der Waals surface area contributed by atoms with Gasteiger partial charge in [0.1, 0.15) is 27.6 Å². The topological polar surface area (TPSA) is 96.6 Å². The van der Waals surface area contributed by atoms with Crippen LogP contribution in [0.15, 0.2) is 52.2 Å². The van der Waals surface area contributed by atoms with Crippen molar-refractivity contribution in [2.45, 2.75) is 33.4 Å². The Kier molecular flexibility index (Phi) is 9.47. The highest BCUT2D eigenvalue weighted by molar-refractivity contribution is 8.26. The van der Waals surface area contributed by atoms with Crippen molar-refractivity contribution in [3.8, 4) is 17.6 Å². The Morgan fingerprint density at radius 3 is 2.41 bits per heavy atom. The minimum absolute atomic E-state index is 0.0188. The maximum Gasteiger partial charge on any atom is 0.270 e. The van der Waals surface area contributed by atoms with Crippen molar-refractivity contribution in [1.82, 2.24) is 9.47 Å². The molecule has 0 radical (unpaired) electrons. The van der Waals surface area contributed by atoms with Crippen molar-refractivity contribution >= 4 is 46.1 Å². The Bertz CT molecular complexity index is 1630. The number of aromatic nitrogens is 1. The van der Waals surface area contributed by atoms with Crippen LogP contribution in [0.5, 0.6) is 11.5 Å². The number of nitrogens with zero attached hydrogens (tertiary/aromatic N) is 3. The number of rotatable bonds is 10. The summed E-state index contributed by atoms with van der Waals surface area (Å²) in [5, 5.41) is 13.1. The Balaban J connectivity index is 1.67. The van der Waals surface area contributed by atoms with Crippen LogP contribution >= 0.6 is 24.0 Å². The SMILES string of the molecule is CCn1c(NCCc2ccc(OC)c(OC)c2)c(/C=C2/SC(=S)N(Cc3ccc(F)cc3)C2=O)c(C)c(C#N)c1=O. The average molecular weight is 593 g/mol. The Morgan fingerprint density at radius 2 is 1.78 bits per heavy atom. The first-order valence-electron chi connectivity index (χ1n) is 12.8. The van der Waals surface area contributed by atoms with Crippen molar-refractivity contribution < 1.29 is 18.7 Å². The van der Waals surface area contributed by atoms with Crippen molar-refractivity contribution in [2.75, 3.05) is 26.1 Å². The number of nitrogens with one attached hydrogen (secondary N) is 1. The molecule has 1 amide bonds. The van der Waals surface area contributed by atoms with Gasteiger partial charge in [0.25, 0.3) is 11.5 Å². The summed E-state index contributed by atoms with van der Waals surface area (Å²) in [7, 11) is 3.16. The summed E-state index contributed by atoms with van der Waals surface area (Å²) >= 11 is 6.64. The lowest BCUT2D eigenvalue weighted by Crippen LogP contribution is -2.28. The number of thioether (sulfide) groups is 1. The summed E-state index contributed by atoms with van der Waals surface area (Å²) < 4.78 is 25.9. The molecule has 212 valence electrons. The van der Waals surface area contributed by atoms with Gasteiger partial charge in [-0.1, -0.05) is 42.2 Å². The Morgan fingerprint density at radius 1 is 1.10 bits per heavy atom. The van der Waals surface area contributed by atoms with E-state index in [1.54, 1.807) is 39.4 Å². The lowest BCUT2D eigenvalue weighted by Gasteiger charge is -2.19. The summed E-state index contributed by atoms with van der Waals surface area (Å²) in [6, 6.07) is 13.6. The normalized spacial score (nSPS) is 14.0. The second-order valence-corrected chi connectivity index (χ2v) is 10.9. The summed E-state index contributed by atoms with van der Waals surface area (Å²) in [6.45, 7) is 4.51. The number of methoxy groups -OCH3 is 2. The van der Waals surface area contributed by atoms with Crippen LogP contribution in [0.4, 0.5) is 10.2 Å². The summed E-state index contributed by atoms with van der Waals surface area (Å²) in [5.74, 6) is 1.10. The molecule has 1 aliphatic rings. The number of carbonyl (C=O) groups is 1. The molecule has 3 aromatic rings. The third-order valence-corrected chi connectivity index (χ3v) is 8.13. The van der Waals surface area contributed by atoms with Crippen molar-refractivity contribution in [3.05, 3.63) is 91.4 Å². The highest BCUT2D eigenvalue weighted by Crippen LogP contribution is 2.36. The highest BCUT2D eigenvalue weighted by atomic mass is 32.2. The van der Waals surface area contributed by atoms with Crippen LogP contribution in [0.1, 0.15) is 34.7 Å². The zero-order valence-electron chi connectivity index (χ0n) is 23.1. The number of amides is 1. The van der Waals surface area contributed by atoms with E-state index in [0.29, 0.717) is 57.2 Å². The van der Waals surface area contributed by atoms with E-state index in [9.17, 15) is 19.2 Å². The zero-order chi connectivity index (χ0) is 29.7. The second kappa shape index (κ2) is 13.0. The molecule has 2 aromatic carbocycles. The van der Waals surface area contributed by atoms with Gasteiger partial charge in [0.2, 0.25) is 0 Å². The van der Waals surface area contributed by atoms with Crippen LogP contribution in [0.2, 0.25) is 0 Å². The first kappa shape index (κ1) is 29.8. The molecule has 1 aromatic heterocycles. The van der Waals surface area contributed by atoms with Gasteiger partial charge in [-0.2, -0.15) is 5.26 Å². The molecule has 0 bridgehead atoms. The predicted octanol–water partition coefficient (Wildman–Crippen LogP) is 5.26. The third-order valence-electron chi connectivity index (χ3n) is 6.75. The number of pyridine rings is 1. The van der Waals surface area contributed by atoms with Crippen molar-refractivity contribution in [1.29, 1.82) is 5.26 Å². The fourth-order valence-electron chi connectivity index (χ4n) is 4.56. The molecule has 1 saturated heterocycles. The van der Waals surface area contributed by atoms with Crippen LogP contribution in [0.3, 0.4) is 0 Å². The number of halogens is 1. The number of hydrogen-bond donors (Lipinski definition) is 1. The molecular formula is C30H29FN4O4S2. The fourth-order valence-corrected chi connectivity index (χ4v) is 5.79. The molecule has 1 aliphatic heterocycles. The van der Waals surface area contributed by atoms with Crippen molar-refractivity contribution in [3.63, 3.8) is 0 Å². The van der Waals surface area contributed by atoms with Crippen LogP contribution in [-0.2, 0) is 24.3 Å². The van der Waals surface area contributed by atoms with Crippen molar-refractivity contribution in [2.24, 2.45) is 0 Å². The average Bonchev–Trinajstić information content (AvgIpc) is 3.23. The van der Waals surface area contributed by atoms with Gasteiger partial charge in [0.05, 0.1) is 25.7 Å². The van der Waals surface area contributed by atoms with Gasteiger partial charge < -0.3 is 14.8 Å². The maximum absolute atomic E-state index is 13.4. The van der Waals surface area contributed by atoms with E-state index < -0.39 is 5.56 Å². The lowest BCUT2D eigenvalue weighted by atomic mass is 10.0. The number of thiocarbonyl (C=S) groups is 1. The highest BCUT2D eigenvalue weighted by Gasteiger charge is 2.33. The van der Waals surface area contributed by atoms with E-state index in [2.05, 4.69) is 5.32 Å². The van der Waals surface area contributed by atoms with Gasteiger partial charge >= 0.3 is 0 Å². The van der Waals surface area contributed by atoms with Crippen LogP contribution in [0.25, 0.3) is 6.08 Å². The summed E-state index contributed by atoms with van der Waals surface area (Å²) in [4.78, 5) is 28.4. The number of anilines is 1. The summed E-state index contributed by atoms with van der Waals surface area (Å²) in [6.07, 6.45) is 2.29. The molecule has 0 atom stereocenters. The molecule has 0 aliphatic carbocycles. The smallest absolute Gasteiger partial charge is 0.270 e. The quantitative estimate of drug-likeness (QED) is 0.252. The minimum Gasteiger partial charge on any atom is -0.493 e. The van der Waals surface area contributed by atoms with Gasteiger partial charge in [-0.15, -0.1) is 0 Å². The molecule has 0 unspecified atom stereocenters. The Labute approximate surface area is 247 Å². The van der Waals surface area contributed by atoms with Gasteiger partial charge in [0, 0.05) is 18.7 Å². The molecule has 2 heterocycles. The lowest BCUT2D eigenvalue weighted by molar-refractivity contribution is -0.122. The maximum atomic E-state index is 13.4. The third kappa shape index (κ3) is 6.29. The van der Waals surface area contributed by atoms with E-state index >= 15 is 0 Å². The Hall–Kier alpha value is -4.14. The van der Waals surface area contributed by atoms with Crippen LogP contribution < -0.4 is 20.3 Å². The van der Waals surface area contributed by atoms with E-state index in [4.69, 9.17) is 21.7 Å². The molecule has 0 spiro atoms. The van der Waals surface area contributed by atoms with Gasteiger partial charge in [0.15, 0.2) is 11.5 Å². The van der Waals surface area contributed by atoms with Gasteiger partial charge in [-0.05, 0) is 67.3 Å². The number of hydrogen-bond acceptors (Lipinski definition) is 8. The first-order chi connectivity index (χ1) is 19.7. The number of carbonyl (C=O) groups excluding carboxylic acids is 1. The molecule has 11 heteroatoms. The molecule has 0 saturated carbocycles. The zero-order valence-corrected chi connectivity index (χ0v) is 24.7. The number of nitriles is 1. The predicted molar refractivity (Wildman–Crippen MR) is 163 cm³/mol. The number of benzene rings is 2. The minimum atomic E-state index is -0.401. The standard InChI is InChI=1S/C30H29FN4O4S2/c1-5-34-27(33-13-12-19-8-11-24(38-3)25(14-19)39-4)22(18(2)23(16-32)28(34)36)15-26-29(37)35(30(40)41-26)17-20-6-9-21(31)10-7-20/h6-11,14-15,33H,5,12-13,17H2,1-4H3/b26-15+.